The lowest BCUT2D eigenvalue weighted by molar-refractivity contribution is -0.150. The zero-order chi connectivity index (χ0) is 12.7. The van der Waals surface area contributed by atoms with Gasteiger partial charge in [-0.1, -0.05) is 6.92 Å². The van der Waals surface area contributed by atoms with E-state index in [0.29, 0.717) is 6.42 Å². The lowest BCUT2D eigenvalue weighted by Crippen LogP contribution is -2.44. The first-order valence-electron chi connectivity index (χ1n) is 5.14. The summed E-state index contributed by atoms with van der Waals surface area (Å²) in [6.07, 6.45) is 0.596. The number of carbonyl (C=O) groups is 3. The first kappa shape index (κ1) is 14.4. The number of hydrogen-bond donors (Lipinski definition) is 2. The molecule has 0 aromatic heterocycles. The van der Waals surface area contributed by atoms with Gasteiger partial charge < -0.3 is 15.1 Å². The third-order valence-corrected chi connectivity index (χ3v) is 2.18. The van der Waals surface area contributed by atoms with Gasteiger partial charge in [-0.15, -0.1) is 0 Å². The standard InChI is InChI=1S/C10H17NO5/c1-3-4-8(12)11(6-5-9(13)14)7(2)10(15)16/h7H,3-6H2,1-2H3,(H,13,14)(H,15,16). The van der Waals surface area contributed by atoms with E-state index in [4.69, 9.17) is 10.2 Å². The molecule has 0 aliphatic heterocycles. The Morgan fingerprint density at radius 1 is 1.19 bits per heavy atom. The van der Waals surface area contributed by atoms with Crippen LogP contribution in [0, 0.1) is 0 Å². The minimum Gasteiger partial charge on any atom is -0.481 e. The van der Waals surface area contributed by atoms with Crippen molar-refractivity contribution in [3.8, 4) is 0 Å². The Morgan fingerprint density at radius 2 is 1.75 bits per heavy atom. The molecule has 0 aromatic rings. The molecule has 0 aromatic carbocycles. The van der Waals surface area contributed by atoms with E-state index in [2.05, 4.69) is 0 Å². The van der Waals surface area contributed by atoms with Gasteiger partial charge in [0.15, 0.2) is 0 Å². The molecular weight excluding hydrogens is 214 g/mol. The fourth-order valence-electron chi connectivity index (χ4n) is 1.24. The highest BCUT2D eigenvalue weighted by Gasteiger charge is 2.24. The Labute approximate surface area is 93.9 Å². The van der Waals surface area contributed by atoms with Crippen LogP contribution in [0.1, 0.15) is 33.1 Å². The summed E-state index contributed by atoms with van der Waals surface area (Å²) >= 11 is 0. The van der Waals surface area contributed by atoms with E-state index in [9.17, 15) is 14.4 Å². The average molecular weight is 231 g/mol. The van der Waals surface area contributed by atoms with E-state index in [1.807, 2.05) is 0 Å². The first-order valence-corrected chi connectivity index (χ1v) is 5.14. The number of rotatable bonds is 7. The van der Waals surface area contributed by atoms with Crippen molar-refractivity contribution >= 4 is 17.8 Å². The lowest BCUT2D eigenvalue weighted by atomic mass is 10.2. The van der Waals surface area contributed by atoms with Crippen LogP contribution in [0.2, 0.25) is 0 Å². The molecule has 0 rings (SSSR count). The van der Waals surface area contributed by atoms with Gasteiger partial charge in [-0.25, -0.2) is 4.79 Å². The molecule has 6 heteroatoms. The molecule has 6 nitrogen and oxygen atoms in total. The summed E-state index contributed by atoms with van der Waals surface area (Å²) in [7, 11) is 0. The number of hydrogen-bond acceptors (Lipinski definition) is 3. The Hall–Kier alpha value is -1.59. The predicted molar refractivity (Wildman–Crippen MR) is 56.0 cm³/mol. The van der Waals surface area contributed by atoms with Crippen molar-refractivity contribution in [2.45, 2.75) is 39.2 Å². The van der Waals surface area contributed by atoms with Crippen molar-refractivity contribution in [2.75, 3.05) is 6.54 Å². The van der Waals surface area contributed by atoms with E-state index in [-0.39, 0.29) is 25.3 Å². The number of carbonyl (C=O) groups excluding carboxylic acids is 1. The molecule has 0 bridgehead atoms. The summed E-state index contributed by atoms with van der Waals surface area (Å²) in [6, 6.07) is -0.988. The van der Waals surface area contributed by atoms with Gasteiger partial charge in [0.1, 0.15) is 6.04 Å². The molecule has 16 heavy (non-hydrogen) atoms. The minimum absolute atomic E-state index is 0.0678. The summed E-state index contributed by atoms with van der Waals surface area (Å²) in [5, 5.41) is 17.3. The number of carboxylic acid groups (broad SMARTS) is 2. The molecule has 0 fully saturated rings. The van der Waals surface area contributed by atoms with Crippen LogP contribution in [-0.2, 0) is 14.4 Å². The number of aliphatic carboxylic acids is 2. The van der Waals surface area contributed by atoms with Crippen molar-refractivity contribution in [3.05, 3.63) is 0 Å². The fourth-order valence-corrected chi connectivity index (χ4v) is 1.24. The second-order valence-corrected chi connectivity index (χ2v) is 3.50. The van der Waals surface area contributed by atoms with Crippen LogP contribution in [0.3, 0.4) is 0 Å². The van der Waals surface area contributed by atoms with E-state index >= 15 is 0 Å². The molecule has 0 aliphatic rings. The van der Waals surface area contributed by atoms with Crippen molar-refractivity contribution in [3.63, 3.8) is 0 Å². The minimum atomic E-state index is -1.13. The van der Waals surface area contributed by atoms with Gasteiger partial charge in [0, 0.05) is 13.0 Å². The van der Waals surface area contributed by atoms with Gasteiger partial charge in [0.2, 0.25) is 5.91 Å². The van der Waals surface area contributed by atoms with Gasteiger partial charge >= 0.3 is 11.9 Å². The fraction of sp³-hybridized carbons (Fsp3) is 0.700. The summed E-state index contributed by atoms with van der Waals surface area (Å²) in [5.41, 5.74) is 0. The van der Waals surface area contributed by atoms with Gasteiger partial charge in [-0.2, -0.15) is 0 Å². The quantitative estimate of drug-likeness (QED) is 0.667. The maximum atomic E-state index is 11.6. The Bertz CT molecular complexity index is 276. The molecule has 1 atom stereocenters. The van der Waals surface area contributed by atoms with Gasteiger partial charge in [-0.05, 0) is 13.3 Å². The molecule has 0 spiro atoms. The molecule has 0 heterocycles. The van der Waals surface area contributed by atoms with Crippen LogP contribution in [0.25, 0.3) is 0 Å². The Morgan fingerprint density at radius 3 is 2.12 bits per heavy atom. The molecule has 2 N–H and O–H groups in total. The van der Waals surface area contributed by atoms with E-state index in [0.717, 1.165) is 4.90 Å². The molecule has 1 unspecified atom stereocenters. The molecular formula is C10H17NO5. The molecule has 0 saturated carbocycles. The predicted octanol–water partition coefficient (Wildman–Crippen LogP) is 0.563. The second-order valence-electron chi connectivity index (χ2n) is 3.50. The van der Waals surface area contributed by atoms with Gasteiger partial charge in [-0.3, -0.25) is 9.59 Å². The summed E-state index contributed by atoms with van der Waals surface area (Å²) in [4.78, 5) is 33.8. The van der Waals surface area contributed by atoms with Crippen LogP contribution < -0.4 is 0 Å². The SMILES string of the molecule is CCCC(=O)N(CCC(=O)O)C(C)C(=O)O. The number of amides is 1. The van der Waals surface area contributed by atoms with Crippen molar-refractivity contribution in [2.24, 2.45) is 0 Å². The van der Waals surface area contributed by atoms with Crippen LogP contribution >= 0.6 is 0 Å². The largest absolute Gasteiger partial charge is 0.481 e. The smallest absolute Gasteiger partial charge is 0.326 e. The normalized spacial score (nSPS) is 11.9. The summed E-state index contributed by atoms with van der Waals surface area (Å²) in [6.45, 7) is 3.11. The van der Waals surface area contributed by atoms with Crippen molar-refractivity contribution < 1.29 is 24.6 Å². The molecule has 0 radical (unpaired) electrons. The highest BCUT2D eigenvalue weighted by Crippen LogP contribution is 2.05. The monoisotopic (exact) mass is 231 g/mol. The van der Waals surface area contributed by atoms with Gasteiger partial charge in [0.05, 0.1) is 6.42 Å². The summed E-state index contributed by atoms with van der Waals surface area (Å²) < 4.78 is 0. The maximum absolute atomic E-state index is 11.6. The van der Waals surface area contributed by atoms with E-state index in [1.54, 1.807) is 6.92 Å². The van der Waals surface area contributed by atoms with Crippen molar-refractivity contribution in [1.29, 1.82) is 0 Å². The third kappa shape index (κ3) is 4.77. The first-order chi connectivity index (χ1) is 7.40. The van der Waals surface area contributed by atoms with Crippen molar-refractivity contribution in [1.82, 2.24) is 4.90 Å². The Balaban J connectivity index is 4.55. The van der Waals surface area contributed by atoms with E-state index < -0.39 is 18.0 Å². The zero-order valence-corrected chi connectivity index (χ0v) is 9.47. The topological polar surface area (TPSA) is 94.9 Å². The van der Waals surface area contributed by atoms with Crippen LogP contribution in [0.15, 0.2) is 0 Å². The molecule has 0 saturated heterocycles. The highest BCUT2D eigenvalue weighted by molar-refractivity contribution is 5.83. The number of nitrogens with zero attached hydrogens (tertiary/aromatic N) is 1. The average Bonchev–Trinajstić information content (AvgIpc) is 2.17. The van der Waals surface area contributed by atoms with Gasteiger partial charge in [0.25, 0.3) is 0 Å². The van der Waals surface area contributed by atoms with Crippen LogP contribution in [0.5, 0.6) is 0 Å². The molecule has 0 aliphatic carbocycles. The maximum Gasteiger partial charge on any atom is 0.326 e. The molecule has 92 valence electrons. The third-order valence-electron chi connectivity index (χ3n) is 2.18. The van der Waals surface area contributed by atoms with E-state index in [1.165, 1.54) is 6.92 Å². The zero-order valence-electron chi connectivity index (χ0n) is 9.47. The summed E-state index contributed by atoms with van der Waals surface area (Å²) in [5.74, 6) is -2.50. The Kier molecular flexibility index (Phi) is 6.14. The molecule has 1 amide bonds. The highest BCUT2D eigenvalue weighted by atomic mass is 16.4. The van der Waals surface area contributed by atoms with Crippen LogP contribution in [0.4, 0.5) is 0 Å². The second kappa shape index (κ2) is 6.81. The lowest BCUT2D eigenvalue weighted by Gasteiger charge is -2.25. The number of carboxylic acids is 2. The van der Waals surface area contributed by atoms with Crippen LogP contribution in [-0.4, -0.2) is 45.5 Å².